The van der Waals surface area contributed by atoms with Crippen molar-refractivity contribution >= 4 is 29.6 Å². The average molecular weight is 361 g/mol. The zero-order valence-corrected chi connectivity index (χ0v) is 15.6. The molecular formula is C17H24BN3O3S. The third-order valence-electron chi connectivity index (χ3n) is 5.29. The predicted molar refractivity (Wildman–Crippen MR) is 99.0 cm³/mol. The lowest BCUT2D eigenvalue weighted by Gasteiger charge is -2.44. The monoisotopic (exact) mass is 361 g/mol. The number of fused-ring (bicyclic) bond motifs is 1. The fourth-order valence-corrected chi connectivity index (χ4v) is 4.66. The standard InChI is InChI=1S/C17H24BN3O3S/c1-3-25(23,24)19(2)16-12-13-6-4-5-7-15(13)21(17(16)22)14-8-10-20(18)11-9-14/h4-7,14,16H,3,8-12H2,1-2H3. The summed E-state index contributed by atoms with van der Waals surface area (Å²) in [5.74, 6) is -0.144. The summed E-state index contributed by atoms with van der Waals surface area (Å²) < 4.78 is 25.9. The van der Waals surface area contributed by atoms with Crippen LogP contribution in [0.15, 0.2) is 24.3 Å². The third kappa shape index (κ3) is 3.48. The van der Waals surface area contributed by atoms with E-state index in [1.54, 1.807) is 11.7 Å². The first-order valence-electron chi connectivity index (χ1n) is 8.71. The quantitative estimate of drug-likeness (QED) is 0.744. The van der Waals surface area contributed by atoms with Gasteiger partial charge < -0.3 is 9.71 Å². The molecular weight excluding hydrogens is 337 g/mol. The molecule has 6 nitrogen and oxygen atoms in total. The van der Waals surface area contributed by atoms with Crippen molar-refractivity contribution in [3.05, 3.63) is 29.8 Å². The van der Waals surface area contributed by atoms with E-state index in [4.69, 9.17) is 7.98 Å². The summed E-state index contributed by atoms with van der Waals surface area (Å²) in [6.45, 7) is 3.05. The minimum Gasteiger partial charge on any atom is -0.353 e. The van der Waals surface area contributed by atoms with Gasteiger partial charge in [-0.1, -0.05) is 18.2 Å². The van der Waals surface area contributed by atoms with Crippen molar-refractivity contribution in [1.82, 2.24) is 9.12 Å². The molecule has 1 atom stereocenters. The van der Waals surface area contributed by atoms with Crippen LogP contribution in [0.3, 0.4) is 0 Å². The summed E-state index contributed by atoms with van der Waals surface area (Å²) in [6.07, 6.45) is 1.98. The Morgan fingerprint density at radius 3 is 2.52 bits per heavy atom. The fraction of sp³-hybridized carbons (Fsp3) is 0.588. The lowest BCUT2D eigenvalue weighted by molar-refractivity contribution is -0.123. The number of hydrogen-bond donors (Lipinski definition) is 0. The van der Waals surface area contributed by atoms with Crippen LogP contribution in [-0.2, 0) is 21.2 Å². The second-order valence-corrected chi connectivity index (χ2v) is 9.06. The van der Waals surface area contributed by atoms with Gasteiger partial charge in [-0.2, -0.15) is 4.31 Å². The maximum Gasteiger partial charge on any atom is 0.246 e. The summed E-state index contributed by atoms with van der Waals surface area (Å²) in [6, 6.07) is 7.15. The number of anilines is 1. The molecule has 1 aromatic carbocycles. The number of para-hydroxylation sites is 1. The number of amides is 1. The molecule has 1 aromatic rings. The minimum atomic E-state index is -3.44. The van der Waals surface area contributed by atoms with Gasteiger partial charge in [-0.3, -0.25) is 4.79 Å². The highest BCUT2D eigenvalue weighted by Crippen LogP contribution is 2.34. The van der Waals surface area contributed by atoms with Crippen LogP contribution < -0.4 is 4.90 Å². The molecule has 1 saturated heterocycles. The predicted octanol–water partition coefficient (Wildman–Crippen LogP) is 0.774. The van der Waals surface area contributed by atoms with Gasteiger partial charge in [0, 0.05) is 25.2 Å². The van der Waals surface area contributed by atoms with Gasteiger partial charge in [0.15, 0.2) is 7.98 Å². The molecule has 2 heterocycles. The fourth-order valence-electron chi connectivity index (χ4n) is 3.70. The largest absolute Gasteiger partial charge is 0.353 e. The van der Waals surface area contributed by atoms with E-state index < -0.39 is 16.1 Å². The van der Waals surface area contributed by atoms with E-state index in [0.29, 0.717) is 6.42 Å². The summed E-state index contributed by atoms with van der Waals surface area (Å²) in [4.78, 5) is 16.8. The number of likely N-dealkylation sites (N-methyl/N-ethyl adjacent to an activating group) is 1. The summed E-state index contributed by atoms with van der Waals surface area (Å²) >= 11 is 0. The van der Waals surface area contributed by atoms with Gasteiger partial charge in [-0.15, -0.1) is 0 Å². The van der Waals surface area contributed by atoms with Crippen molar-refractivity contribution in [2.45, 2.75) is 38.3 Å². The zero-order chi connectivity index (χ0) is 18.2. The topological polar surface area (TPSA) is 60.9 Å². The van der Waals surface area contributed by atoms with Gasteiger partial charge in [0.2, 0.25) is 15.9 Å². The Balaban J connectivity index is 1.97. The third-order valence-corrected chi connectivity index (χ3v) is 7.16. The van der Waals surface area contributed by atoms with Crippen molar-refractivity contribution in [2.24, 2.45) is 0 Å². The lowest BCUT2D eigenvalue weighted by Crippen LogP contribution is -2.58. The van der Waals surface area contributed by atoms with Crippen LogP contribution in [0, 0.1) is 0 Å². The van der Waals surface area contributed by atoms with Crippen LogP contribution in [-0.4, -0.2) is 69.4 Å². The highest BCUT2D eigenvalue weighted by Gasteiger charge is 2.41. The van der Waals surface area contributed by atoms with E-state index in [1.165, 1.54) is 11.4 Å². The molecule has 0 aliphatic carbocycles. The molecule has 0 bridgehead atoms. The van der Waals surface area contributed by atoms with Crippen LogP contribution in [0.1, 0.15) is 25.3 Å². The Kier molecular flexibility index (Phi) is 5.22. The molecule has 0 spiro atoms. The molecule has 1 unspecified atom stereocenters. The molecule has 134 valence electrons. The first-order valence-corrected chi connectivity index (χ1v) is 10.3. The molecule has 25 heavy (non-hydrogen) atoms. The molecule has 2 aliphatic rings. The van der Waals surface area contributed by atoms with Crippen LogP contribution in [0.2, 0.25) is 0 Å². The Labute approximate surface area is 151 Å². The second-order valence-electron chi connectivity index (χ2n) is 6.74. The number of carbonyl (C=O) groups is 1. The molecule has 3 rings (SSSR count). The molecule has 2 aliphatic heterocycles. The van der Waals surface area contributed by atoms with Crippen LogP contribution in [0.4, 0.5) is 5.69 Å². The molecule has 1 amide bonds. The first kappa shape index (κ1) is 18.4. The van der Waals surface area contributed by atoms with Gasteiger partial charge in [0.25, 0.3) is 0 Å². The van der Waals surface area contributed by atoms with E-state index in [2.05, 4.69) is 0 Å². The van der Waals surface area contributed by atoms with Crippen molar-refractivity contribution in [3.63, 3.8) is 0 Å². The number of piperidine rings is 1. The van der Waals surface area contributed by atoms with E-state index in [9.17, 15) is 13.2 Å². The summed E-state index contributed by atoms with van der Waals surface area (Å²) in [5.41, 5.74) is 1.92. The van der Waals surface area contributed by atoms with Gasteiger partial charge in [0.05, 0.1) is 5.75 Å². The SMILES string of the molecule is [B]N1CCC(N2C(=O)C(N(C)S(=O)(=O)CC)Cc3ccccc32)CC1. The van der Waals surface area contributed by atoms with Crippen LogP contribution in [0.25, 0.3) is 0 Å². The van der Waals surface area contributed by atoms with Gasteiger partial charge in [-0.05, 0) is 44.5 Å². The van der Waals surface area contributed by atoms with E-state index in [1.807, 2.05) is 29.2 Å². The summed E-state index contributed by atoms with van der Waals surface area (Å²) in [7, 11) is 3.92. The van der Waals surface area contributed by atoms with Gasteiger partial charge in [0.1, 0.15) is 6.04 Å². The molecule has 0 aromatic heterocycles. The van der Waals surface area contributed by atoms with E-state index in [0.717, 1.165) is 37.2 Å². The molecule has 0 saturated carbocycles. The molecule has 8 heteroatoms. The molecule has 2 radical (unpaired) electrons. The van der Waals surface area contributed by atoms with E-state index >= 15 is 0 Å². The highest BCUT2D eigenvalue weighted by molar-refractivity contribution is 7.89. The van der Waals surface area contributed by atoms with Crippen molar-refractivity contribution in [3.8, 4) is 0 Å². The van der Waals surface area contributed by atoms with Crippen LogP contribution in [0.5, 0.6) is 0 Å². The smallest absolute Gasteiger partial charge is 0.246 e. The first-order chi connectivity index (χ1) is 11.8. The highest BCUT2D eigenvalue weighted by atomic mass is 32.2. The lowest BCUT2D eigenvalue weighted by atomic mass is 9.92. The normalized spacial score (nSPS) is 23.1. The van der Waals surface area contributed by atoms with Crippen molar-refractivity contribution in [1.29, 1.82) is 0 Å². The molecule has 0 N–H and O–H groups in total. The number of rotatable bonds is 4. The number of sulfonamides is 1. The number of benzene rings is 1. The maximum absolute atomic E-state index is 13.2. The second kappa shape index (κ2) is 7.09. The average Bonchev–Trinajstić information content (AvgIpc) is 2.61. The van der Waals surface area contributed by atoms with Crippen molar-refractivity contribution in [2.75, 3.05) is 30.8 Å². The molecule has 1 fully saturated rings. The zero-order valence-electron chi connectivity index (χ0n) is 14.8. The number of hydrogen-bond acceptors (Lipinski definition) is 4. The Morgan fingerprint density at radius 2 is 1.88 bits per heavy atom. The van der Waals surface area contributed by atoms with Gasteiger partial charge in [-0.25, -0.2) is 8.42 Å². The summed E-state index contributed by atoms with van der Waals surface area (Å²) in [5, 5.41) is 0. The number of nitrogens with zero attached hydrogens (tertiary/aromatic N) is 3. The Bertz CT molecular complexity index is 747. The van der Waals surface area contributed by atoms with Gasteiger partial charge >= 0.3 is 0 Å². The Hall–Kier alpha value is -1.38. The van der Waals surface area contributed by atoms with Crippen LogP contribution >= 0.6 is 0 Å². The van der Waals surface area contributed by atoms with Crippen molar-refractivity contribution < 1.29 is 13.2 Å². The number of carbonyl (C=O) groups excluding carboxylic acids is 1. The minimum absolute atomic E-state index is 0.0134. The Morgan fingerprint density at radius 1 is 1.24 bits per heavy atom. The van der Waals surface area contributed by atoms with E-state index in [-0.39, 0.29) is 17.7 Å². The maximum atomic E-state index is 13.2.